The molecule has 0 unspecified atom stereocenters. The topological polar surface area (TPSA) is 123 Å². The van der Waals surface area contributed by atoms with Gasteiger partial charge in [-0.1, -0.05) is 38.5 Å². The summed E-state index contributed by atoms with van der Waals surface area (Å²) in [6.07, 6.45) is 2.82. The highest BCUT2D eigenvalue weighted by atomic mass is 32.2. The van der Waals surface area contributed by atoms with Crippen molar-refractivity contribution in [2.75, 3.05) is 44.2 Å². The average Bonchev–Trinajstić information content (AvgIpc) is 3.10. The maximum absolute atomic E-state index is 13.3. The van der Waals surface area contributed by atoms with Crippen LogP contribution in [0.5, 0.6) is 0 Å². The fraction of sp³-hybridized carbons (Fsp3) is 0.425. The summed E-state index contributed by atoms with van der Waals surface area (Å²) in [4.78, 5) is 28.7. The normalized spacial score (nSPS) is 11.5. The van der Waals surface area contributed by atoms with Crippen molar-refractivity contribution in [1.82, 2.24) is 9.48 Å². The number of hydrogen-bond donors (Lipinski definition) is 0. The number of nitrogens with zero attached hydrogens (tertiary/aromatic N) is 3. The van der Waals surface area contributed by atoms with Crippen molar-refractivity contribution in [2.45, 2.75) is 78.7 Å². The van der Waals surface area contributed by atoms with Gasteiger partial charge in [0.2, 0.25) is 11.3 Å². The lowest BCUT2D eigenvalue weighted by atomic mass is 9.92. The third-order valence-electron chi connectivity index (χ3n) is 9.19. The molecule has 0 atom stereocenters. The van der Waals surface area contributed by atoms with E-state index in [1.807, 2.05) is 43.3 Å². The van der Waals surface area contributed by atoms with Crippen molar-refractivity contribution in [3.8, 4) is 22.5 Å². The number of rotatable bonds is 17. The minimum absolute atomic E-state index is 0.0322. The molecule has 1 aliphatic heterocycles. The Bertz CT molecular complexity index is 2020. The van der Waals surface area contributed by atoms with Gasteiger partial charge in [0.1, 0.15) is 41.2 Å². The SMILES string of the molecule is C=C(C)C(=O)OCCN(Cc1ccc(-c2c3ccc(=[N+](CC)CC)cc-3oc3cc(N(CC)CC)ccc23)c(S(=O)(=O)[O-])c1)C(=O)CCCCC. The molecule has 274 valence electrons. The summed E-state index contributed by atoms with van der Waals surface area (Å²) >= 11 is 0. The molecule has 0 fully saturated rings. The molecule has 2 aliphatic rings. The molecule has 1 aliphatic carbocycles. The van der Waals surface area contributed by atoms with E-state index in [0.717, 1.165) is 50.1 Å². The molecule has 0 radical (unpaired) electrons. The molecular formula is C40H51N3O7S. The molecule has 0 N–H and O–H groups in total. The summed E-state index contributed by atoms with van der Waals surface area (Å²) in [5.41, 5.74) is 3.73. The fourth-order valence-electron chi connectivity index (χ4n) is 6.38. The predicted octanol–water partition coefficient (Wildman–Crippen LogP) is 6.80. The molecule has 10 nitrogen and oxygen atoms in total. The van der Waals surface area contributed by atoms with Crippen LogP contribution in [0.3, 0.4) is 0 Å². The first-order valence-electron chi connectivity index (χ1n) is 17.9. The molecule has 1 amide bonds. The molecule has 1 heterocycles. The van der Waals surface area contributed by atoms with E-state index in [0.29, 0.717) is 46.3 Å². The molecule has 0 spiro atoms. The van der Waals surface area contributed by atoms with E-state index in [4.69, 9.17) is 9.15 Å². The number of ether oxygens (including phenoxy) is 1. The fourth-order valence-corrected chi connectivity index (χ4v) is 7.11. The van der Waals surface area contributed by atoms with Gasteiger partial charge in [0.15, 0.2) is 0 Å². The van der Waals surface area contributed by atoms with Gasteiger partial charge in [0.05, 0.1) is 17.5 Å². The van der Waals surface area contributed by atoms with Crippen LogP contribution >= 0.6 is 0 Å². The number of anilines is 1. The first kappa shape index (κ1) is 39.3. The van der Waals surface area contributed by atoms with Crippen LogP contribution in [-0.4, -0.2) is 69.1 Å². The Kier molecular flexibility index (Phi) is 13.6. The van der Waals surface area contributed by atoms with Crippen molar-refractivity contribution in [1.29, 1.82) is 0 Å². The Morgan fingerprint density at radius 3 is 2.25 bits per heavy atom. The Balaban J connectivity index is 1.90. The van der Waals surface area contributed by atoms with Gasteiger partial charge in [-0.05, 0) is 70.9 Å². The first-order chi connectivity index (χ1) is 24.4. The van der Waals surface area contributed by atoms with Gasteiger partial charge in [-0.25, -0.2) is 17.8 Å². The van der Waals surface area contributed by atoms with Crippen LogP contribution in [0, 0.1) is 0 Å². The van der Waals surface area contributed by atoms with Gasteiger partial charge < -0.3 is 23.5 Å². The number of unbranched alkanes of at least 4 members (excludes halogenated alkanes) is 2. The number of benzene rings is 3. The van der Waals surface area contributed by atoms with Crippen LogP contribution < -0.4 is 14.8 Å². The van der Waals surface area contributed by atoms with Gasteiger partial charge in [-0.2, -0.15) is 0 Å². The van der Waals surface area contributed by atoms with Crippen molar-refractivity contribution in [3.63, 3.8) is 0 Å². The van der Waals surface area contributed by atoms with E-state index in [1.54, 1.807) is 19.1 Å². The van der Waals surface area contributed by atoms with Crippen LogP contribution in [0.2, 0.25) is 0 Å². The number of esters is 1. The zero-order valence-corrected chi connectivity index (χ0v) is 31.6. The van der Waals surface area contributed by atoms with E-state index >= 15 is 0 Å². The zero-order valence-electron chi connectivity index (χ0n) is 30.8. The highest BCUT2D eigenvalue weighted by Crippen LogP contribution is 2.43. The lowest BCUT2D eigenvalue weighted by Crippen LogP contribution is -2.34. The molecule has 0 bridgehead atoms. The molecule has 11 heteroatoms. The maximum Gasteiger partial charge on any atom is 0.333 e. The summed E-state index contributed by atoms with van der Waals surface area (Å²) in [7, 11) is -4.99. The number of carbonyl (C=O) groups excluding carboxylic acids is 2. The van der Waals surface area contributed by atoms with Gasteiger partial charge in [-0.15, -0.1) is 0 Å². The van der Waals surface area contributed by atoms with E-state index in [-0.39, 0.29) is 41.6 Å². The predicted molar refractivity (Wildman–Crippen MR) is 201 cm³/mol. The van der Waals surface area contributed by atoms with Gasteiger partial charge >= 0.3 is 5.97 Å². The van der Waals surface area contributed by atoms with Crippen molar-refractivity contribution < 1.29 is 31.7 Å². The van der Waals surface area contributed by atoms with Gasteiger partial charge in [0, 0.05) is 71.5 Å². The van der Waals surface area contributed by atoms with E-state index in [9.17, 15) is 22.6 Å². The van der Waals surface area contributed by atoms with E-state index < -0.39 is 16.1 Å². The second kappa shape index (κ2) is 17.6. The second-order valence-corrected chi connectivity index (χ2v) is 14.0. The monoisotopic (exact) mass is 717 g/mol. The van der Waals surface area contributed by atoms with Crippen molar-refractivity contribution >= 4 is 38.7 Å². The Morgan fingerprint density at radius 1 is 0.922 bits per heavy atom. The lowest BCUT2D eigenvalue weighted by Gasteiger charge is -2.25. The van der Waals surface area contributed by atoms with E-state index in [2.05, 4.69) is 43.7 Å². The minimum atomic E-state index is -4.99. The standard InChI is InChI=1S/C40H51N3O7S/c1-8-13-14-15-38(44)43(22-23-49-40(45)28(6)7)27-29-16-19-34(37(24-29)51(46,47)48)39-32-20-17-30(41(9-2)10-3)25-35(32)50-36-26-31(18-21-33(36)39)42(11-4)12-5/h16-21,24-26H,6,8-15,22-23,27H2,1-5,7H3. The molecule has 2 aromatic rings. The average molecular weight is 718 g/mol. The molecular weight excluding hydrogens is 667 g/mol. The molecule has 4 rings (SSSR count). The number of hydrogen-bond acceptors (Lipinski definition) is 8. The third-order valence-corrected chi connectivity index (χ3v) is 10.1. The van der Waals surface area contributed by atoms with Crippen molar-refractivity contribution in [2.24, 2.45) is 0 Å². The summed E-state index contributed by atoms with van der Waals surface area (Å²) in [6, 6.07) is 16.4. The summed E-state index contributed by atoms with van der Waals surface area (Å²) in [5, 5.41) is 1.63. The quantitative estimate of drug-likeness (QED) is 0.0292. The Hall–Kier alpha value is -4.48. The van der Waals surface area contributed by atoms with E-state index in [1.165, 1.54) is 11.0 Å². The van der Waals surface area contributed by atoms with Gasteiger partial charge in [0.25, 0.3) is 0 Å². The molecule has 0 saturated heterocycles. The van der Waals surface area contributed by atoms with Crippen LogP contribution in [0.4, 0.5) is 5.69 Å². The largest absolute Gasteiger partial charge is 0.744 e. The first-order valence-corrected chi connectivity index (χ1v) is 19.3. The van der Waals surface area contributed by atoms with Crippen LogP contribution in [0.1, 0.15) is 72.8 Å². The minimum Gasteiger partial charge on any atom is -0.744 e. The van der Waals surface area contributed by atoms with Gasteiger partial charge in [-0.3, -0.25) is 4.79 Å². The summed E-state index contributed by atoms with van der Waals surface area (Å²) < 4.78 is 53.2. The van der Waals surface area contributed by atoms with Crippen LogP contribution in [0.15, 0.2) is 76.1 Å². The molecule has 0 saturated carbocycles. The molecule has 2 aromatic carbocycles. The number of amides is 1. The highest BCUT2D eigenvalue weighted by Gasteiger charge is 2.24. The van der Waals surface area contributed by atoms with Crippen LogP contribution in [0.25, 0.3) is 33.4 Å². The summed E-state index contributed by atoms with van der Waals surface area (Å²) in [5.74, 6) is -0.148. The number of fused-ring (bicyclic) bond motifs is 2. The Labute approximate surface area is 302 Å². The Morgan fingerprint density at radius 2 is 1.63 bits per heavy atom. The maximum atomic E-state index is 13.3. The third kappa shape index (κ3) is 9.45. The number of carbonyl (C=O) groups is 2. The summed E-state index contributed by atoms with van der Waals surface area (Å²) in [6.45, 7) is 18.8. The molecule has 0 aromatic heterocycles. The zero-order chi connectivity index (χ0) is 37.3. The molecule has 51 heavy (non-hydrogen) atoms. The second-order valence-electron chi connectivity index (χ2n) is 12.7. The highest BCUT2D eigenvalue weighted by molar-refractivity contribution is 7.85. The smallest absolute Gasteiger partial charge is 0.333 e. The van der Waals surface area contributed by atoms with Crippen molar-refractivity contribution in [3.05, 3.63) is 77.7 Å². The lowest BCUT2D eigenvalue weighted by molar-refractivity contribution is -0.142. The van der Waals surface area contributed by atoms with Crippen LogP contribution in [-0.2, 0) is 31.0 Å².